The fraction of sp³-hybridized carbons (Fsp3) is 0.174. The molecule has 0 spiro atoms. The van der Waals surface area contributed by atoms with Crippen molar-refractivity contribution >= 4 is 11.7 Å². The third-order valence-corrected chi connectivity index (χ3v) is 4.82. The van der Waals surface area contributed by atoms with Gasteiger partial charge in [-0.15, -0.1) is 0 Å². The minimum absolute atomic E-state index is 0.260. The number of aromatic nitrogens is 1. The van der Waals surface area contributed by atoms with Crippen LogP contribution in [-0.2, 0) is 6.42 Å². The van der Waals surface area contributed by atoms with Crippen LogP contribution in [0.25, 0.3) is 11.1 Å². The molecule has 3 rings (SSSR count). The Kier molecular flexibility index (Phi) is 5.84. The van der Waals surface area contributed by atoms with Crippen LogP contribution in [-0.4, -0.2) is 27.0 Å². The summed E-state index contributed by atoms with van der Waals surface area (Å²) in [6.45, 7) is 3.98. The molecule has 0 aliphatic heterocycles. The van der Waals surface area contributed by atoms with E-state index in [1.165, 1.54) is 0 Å². The van der Waals surface area contributed by atoms with Crippen molar-refractivity contribution in [2.24, 2.45) is 5.16 Å². The minimum Gasteiger partial charge on any atom is -0.478 e. The molecule has 142 valence electrons. The van der Waals surface area contributed by atoms with Crippen molar-refractivity contribution in [3.8, 4) is 11.1 Å². The van der Waals surface area contributed by atoms with Crippen LogP contribution in [0, 0.1) is 13.8 Å². The Hall–Kier alpha value is -3.47. The quantitative estimate of drug-likeness (QED) is 0.366. The van der Waals surface area contributed by atoms with Crippen LogP contribution in [0.15, 0.2) is 65.9 Å². The number of hydrogen-bond acceptors (Lipinski definition) is 4. The summed E-state index contributed by atoms with van der Waals surface area (Å²) >= 11 is 0. The lowest BCUT2D eigenvalue weighted by Crippen LogP contribution is -2.06. The lowest BCUT2D eigenvalue weighted by Gasteiger charge is -2.13. The number of rotatable bonds is 6. The normalized spacial score (nSPS) is 11.4. The molecular formula is C23H22N2O3. The van der Waals surface area contributed by atoms with Crippen LogP contribution in [0.4, 0.5) is 0 Å². The van der Waals surface area contributed by atoms with E-state index >= 15 is 0 Å². The molecule has 5 heteroatoms. The predicted octanol–water partition coefficient (Wildman–Crippen LogP) is 4.87. The van der Waals surface area contributed by atoms with Crippen molar-refractivity contribution in [1.82, 2.24) is 4.98 Å². The smallest absolute Gasteiger partial charge is 0.335 e. The summed E-state index contributed by atoms with van der Waals surface area (Å²) in [4.78, 5) is 15.2. The van der Waals surface area contributed by atoms with E-state index in [1.54, 1.807) is 30.5 Å². The van der Waals surface area contributed by atoms with Gasteiger partial charge in [0.05, 0.1) is 11.3 Å². The molecule has 0 amide bonds. The molecule has 0 aliphatic rings. The minimum atomic E-state index is -0.942. The van der Waals surface area contributed by atoms with E-state index in [-0.39, 0.29) is 5.56 Å². The summed E-state index contributed by atoms with van der Waals surface area (Å²) in [5.41, 5.74) is 6.90. The number of carbonyl (C=O) groups is 1. The van der Waals surface area contributed by atoms with E-state index in [0.29, 0.717) is 18.6 Å². The van der Waals surface area contributed by atoms with Crippen molar-refractivity contribution < 1.29 is 15.1 Å². The van der Waals surface area contributed by atoms with Gasteiger partial charge in [-0.1, -0.05) is 35.5 Å². The van der Waals surface area contributed by atoms with E-state index < -0.39 is 5.97 Å². The standard InChI is InChI=1S/C23H22N2O3/c1-15-14-19(12-13-24-15)20-4-3-5-21(16(20)2)22(25-28)11-8-17-6-9-18(10-7-17)23(26)27/h3-7,9-10,12-14,28H,8,11H2,1-2H3,(H,26,27)/b25-22-. The van der Waals surface area contributed by atoms with Gasteiger partial charge in [0.25, 0.3) is 0 Å². The van der Waals surface area contributed by atoms with Crippen molar-refractivity contribution in [2.45, 2.75) is 26.7 Å². The Bertz CT molecular complexity index is 1020. The van der Waals surface area contributed by atoms with Crippen LogP contribution in [0.2, 0.25) is 0 Å². The van der Waals surface area contributed by atoms with Crippen LogP contribution in [0.3, 0.4) is 0 Å². The summed E-state index contributed by atoms with van der Waals surface area (Å²) in [6, 6.07) is 16.7. The zero-order chi connectivity index (χ0) is 20.1. The first-order valence-corrected chi connectivity index (χ1v) is 9.05. The maximum absolute atomic E-state index is 11.0. The average Bonchev–Trinajstić information content (AvgIpc) is 2.70. The Morgan fingerprint density at radius 2 is 1.82 bits per heavy atom. The van der Waals surface area contributed by atoms with Gasteiger partial charge in [-0.05, 0) is 73.2 Å². The largest absolute Gasteiger partial charge is 0.478 e. The molecule has 0 saturated heterocycles. The zero-order valence-electron chi connectivity index (χ0n) is 15.9. The highest BCUT2D eigenvalue weighted by molar-refractivity contribution is 6.02. The van der Waals surface area contributed by atoms with Gasteiger partial charge < -0.3 is 10.3 Å². The first-order chi connectivity index (χ1) is 13.5. The number of aryl methyl sites for hydroxylation is 2. The molecule has 2 aromatic carbocycles. The summed E-state index contributed by atoms with van der Waals surface area (Å²) in [5, 5.41) is 22.1. The molecule has 0 saturated carbocycles. The van der Waals surface area contributed by atoms with Gasteiger partial charge in [0.1, 0.15) is 0 Å². The second-order valence-corrected chi connectivity index (χ2v) is 6.71. The summed E-state index contributed by atoms with van der Waals surface area (Å²) in [6.07, 6.45) is 2.98. The van der Waals surface area contributed by atoms with Crippen LogP contribution < -0.4 is 0 Å². The van der Waals surface area contributed by atoms with Crippen LogP contribution in [0.1, 0.15) is 39.2 Å². The van der Waals surface area contributed by atoms with Crippen molar-refractivity contribution in [3.63, 3.8) is 0 Å². The third kappa shape index (κ3) is 4.26. The summed E-state index contributed by atoms with van der Waals surface area (Å²) in [5.74, 6) is -0.942. The molecule has 0 atom stereocenters. The predicted molar refractivity (Wildman–Crippen MR) is 109 cm³/mol. The van der Waals surface area contributed by atoms with Gasteiger partial charge in [0.15, 0.2) is 0 Å². The Morgan fingerprint density at radius 3 is 2.46 bits per heavy atom. The van der Waals surface area contributed by atoms with E-state index in [0.717, 1.165) is 33.5 Å². The van der Waals surface area contributed by atoms with E-state index in [2.05, 4.69) is 10.1 Å². The molecule has 1 heterocycles. The van der Waals surface area contributed by atoms with E-state index in [1.807, 2.05) is 44.2 Å². The zero-order valence-corrected chi connectivity index (χ0v) is 15.9. The number of aromatic carboxylic acids is 1. The lowest BCUT2D eigenvalue weighted by molar-refractivity contribution is 0.0697. The molecule has 0 bridgehead atoms. The molecule has 2 N–H and O–H groups in total. The lowest BCUT2D eigenvalue weighted by atomic mass is 9.92. The molecule has 0 fully saturated rings. The molecule has 0 radical (unpaired) electrons. The topological polar surface area (TPSA) is 82.8 Å². The van der Waals surface area contributed by atoms with Gasteiger partial charge in [-0.25, -0.2) is 4.79 Å². The molecule has 5 nitrogen and oxygen atoms in total. The molecule has 28 heavy (non-hydrogen) atoms. The van der Waals surface area contributed by atoms with E-state index in [9.17, 15) is 10.0 Å². The maximum Gasteiger partial charge on any atom is 0.335 e. The number of hydrogen-bond donors (Lipinski definition) is 2. The van der Waals surface area contributed by atoms with E-state index in [4.69, 9.17) is 5.11 Å². The molecule has 0 unspecified atom stereocenters. The van der Waals surface area contributed by atoms with Gasteiger partial charge in [-0.3, -0.25) is 4.98 Å². The highest BCUT2D eigenvalue weighted by atomic mass is 16.4. The Labute approximate surface area is 164 Å². The highest BCUT2D eigenvalue weighted by Crippen LogP contribution is 2.27. The Morgan fingerprint density at radius 1 is 1.07 bits per heavy atom. The number of oxime groups is 1. The van der Waals surface area contributed by atoms with Gasteiger partial charge >= 0.3 is 5.97 Å². The fourth-order valence-electron chi connectivity index (χ4n) is 3.29. The number of carboxylic acids is 1. The fourth-order valence-corrected chi connectivity index (χ4v) is 3.29. The first-order valence-electron chi connectivity index (χ1n) is 9.05. The van der Waals surface area contributed by atoms with Crippen LogP contribution >= 0.6 is 0 Å². The summed E-state index contributed by atoms with van der Waals surface area (Å²) in [7, 11) is 0. The second-order valence-electron chi connectivity index (χ2n) is 6.71. The molecule has 3 aromatic rings. The highest BCUT2D eigenvalue weighted by Gasteiger charge is 2.13. The average molecular weight is 374 g/mol. The number of benzene rings is 2. The van der Waals surface area contributed by atoms with Crippen LogP contribution in [0.5, 0.6) is 0 Å². The summed E-state index contributed by atoms with van der Waals surface area (Å²) < 4.78 is 0. The van der Waals surface area contributed by atoms with Gasteiger partial charge in [-0.2, -0.15) is 0 Å². The van der Waals surface area contributed by atoms with Gasteiger partial charge in [0, 0.05) is 17.5 Å². The van der Waals surface area contributed by atoms with Crippen molar-refractivity contribution in [3.05, 3.63) is 88.7 Å². The second kappa shape index (κ2) is 8.48. The monoisotopic (exact) mass is 374 g/mol. The van der Waals surface area contributed by atoms with Crippen molar-refractivity contribution in [1.29, 1.82) is 0 Å². The number of pyridine rings is 1. The molecule has 1 aromatic heterocycles. The molecule has 0 aliphatic carbocycles. The number of carboxylic acid groups (broad SMARTS) is 1. The SMILES string of the molecule is Cc1cc(-c2cccc(/C(CCc3ccc(C(=O)O)cc3)=N\O)c2C)ccn1. The first kappa shape index (κ1) is 19.3. The van der Waals surface area contributed by atoms with Gasteiger partial charge in [0.2, 0.25) is 0 Å². The molecular weight excluding hydrogens is 352 g/mol. The Balaban J connectivity index is 1.83. The van der Waals surface area contributed by atoms with Crippen molar-refractivity contribution in [2.75, 3.05) is 0 Å². The third-order valence-electron chi connectivity index (χ3n) is 4.82. The maximum atomic E-state index is 11.0. The number of nitrogens with zero attached hydrogens (tertiary/aromatic N) is 2.